The highest BCUT2D eigenvalue weighted by Gasteiger charge is 2.26. The first kappa shape index (κ1) is 15.7. The molecular formula is C18H23FN4O. The van der Waals surface area contributed by atoms with Gasteiger partial charge in [0, 0.05) is 68.0 Å². The average molecular weight is 330 g/mol. The van der Waals surface area contributed by atoms with Crippen molar-refractivity contribution in [1.29, 1.82) is 0 Å². The first-order chi connectivity index (χ1) is 11.7. The minimum atomic E-state index is -0.377. The van der Waals surface area contributed by atoms with Gasteiger partial charge >= 0.3 is 0 Å². The van der Waals surface area contributed by atoms with Crippen LogP contribution in [0.3, 0.4) is 0 Å². The van der Waals surface area contributed by atoms with E-state index in [1.807, 2.05) is 0 Å². The van der Waals surface area contributed by atoms with Crippen molar-refractivity contribution in [3.63, 3.8) is 0 Å². The Balaban J connectivity index is 1.43. The molecule has 3 heterocycles. The fourth-order valence-electron chi connectivity index (χ4n) is 3.84. The van der Waals surface area contributed by atoms with Gasteiger partial charge in [-0.1, -0.05) is 0 Å². The van der Waals surface area contributed by atoms with Crippen LogP contribution in [0.25, 0.3) is 10.9 Å². The highest BCUT2D eigenvalue weighted by Crippen LogP contribution is 2.15. The van der Waals surface area contributed by atoms with Gasteiger partial charge in [0.15, 0.2) is 5.43 Å². The van der Waals surface area contributed by atoms with Crippen LogP contribution in [0.1, 0.15) is 12.1 Å². The number of hydrogen-bond donors (Lipinski definition) is 2. The summed E-state index contributed by atoms with van der Waals surface area (Å²) >= 11 is 0. The van der Waals surface area contributed by atoms with Crippen molar-refractivity contribution in [2.24, 2.45) is 0 Å². The van der Waals surface area contributed by atoms with E-state index in [1.165, 1.54) is 18.6 Å². The van der Waals surface area contributed by atoms with Gasteiger partial charge in [-0.3, -0.25) is 14.6 Å². The number of halogens is 1. The van der Waals surface area contributed by atoms with Crippen LogP contribution in [0.4, 0.5) is 4.39 Å². The Hall–Kier alpha value is -1.76. The van der Waals surface area contributed by atoms with Crippen LogP contribution in [0.15, 0.2) is 29.1 Å². The smallest absolute Gasteiger partial charge is 0.189 e. The second kappa shape index (κ2) is 6.63. The van der Waals surface area contributed by atoms with Crippen molar-refractivity contribution in [3.8, 4) is 0 Å². The lowest BCUT2D eigenvalue weighted by Gasteiger charge is -2.37. The number of pyridine rings is 1. The summed E-state index contributed by atoms with van der Waals surface area (Å²) in [6.45, 7) is 7.16. The maximum absolute atomic E-state index is 13.3. The molecule has 0 spiro atoms. The van der Waals surface area contributed by atoms with E-state index >= 15 is 0 Å². The first-order valence-electron chi connectivity index (χ1n) is 8.67. The molecule has 1 aromatic heterocycles. The largest absolute Gasteiger partial charge is 0.357 e. The minimum absolute atomic E-state index is 0.117. The normalized spacial score (nSPS) is 23.1. The van der Waals surface area contributed by atoms with Gasteiger partial charge in [0.05, 0.1) is 0 Å². The number of piperazine rings is 1. The molecule has 6 heteroatoms. The number of nitrogens with zero attached hydrogens (tertiary/aromatic N) is 2. The highest BCUT2D eigenvalue weighted by molar-refractivity contribution is 5.78. The number of H-pyrrole nitrogens is 1. The molecule has 1 aromatic carbocycles. The molecule has 24 heavy (non-hydrogen) atoms. The van der Waals surface area contributed by atoms with Crippen molar-refractivity contribution in [2.45, 2.75) is 19.0 Å². The molecule has 1 atom stereocenters. The van der Waals surface area contributed by atoms with Crippen molar-refractivity contribution in [2.75, 3.05) is 39.3 Å². The lowest BCUT2D eigenvalue weighted by atomic mass is 10.1. The summed E-state index contributed by atoms with van der Waals surface area (Å²) in [5.41, 5.74) is 1.48. The Kier molecular flexibility index (Phi) is 4.35. The third kappa shape index (κ3) is 3.22. The van der Waals surface area contributed by atoms with E-state index in [-0.39, 0.29) is 11.2 Å². The van der Waals surface area contributed by atoms with Crippen LogP contribution in [-0.2, 0) is 6.54 Å². The summed E-state index contributed by atoms with van der Waals surface area (Å²) in [6.07, 6.45) is 1.24. The van der Waals surface area contributed by atoms with Gasteiger partial charge in [-0.15, -0.1) is 0 Å². The molecule has 0 saturated carbocycles. The third-order valence-corrected chi connectivity index (χ3v) is 5.20. The lowest BCUT2D eigenvalue weighted by Crippen LogP contribution is -2.50. The number of hydrogen-bond acceptors (Lipinski definition) is 4. The molecule has 4 rings (SSSR count). The van der Waals surface area contributed by atoms with E-state index in [2.05, 4.69) is 20.1 Å². The van der Waals surface area contributed by atoms with Gasteiger partial charge in [0.1, 0.15) is 5.82 Å². The second-order valence-corrected chi connectivity index (χ2v) is 6.81. The fourth-order valence-corrected chi connectivity index (χ4v) is 3.84. The minimum Gasteiger partial charge on any atom is -0.357 e. The van der Waals surface area contributed by atoms with Crippen molar-refractivity contribution < 1.29 is 4.39 Å². The number of benzene rings is 1. The molecule has 0 radical (unpaired) electrons. The Morgan fingerprint density at radius 3 is 2.75 bits per heavy atom. The summed E-state index contributed by atoms with van der Waals surface area (Å²) in [5, 5.41) is 3.84. The zero-order valence-corrected chi connectivity index (χ0v) is 13.7. The van der Waals surface area contributed by atoms with Gasteiger partial charge in [-0.2, -0.15) is 0 Å². The summed E-state index contributed by atoms with van der Waals surface area (Å²) < 4.78 is 13.3. The number of aromatic amines is 1. The van der Waals surface area contributed by atoms with Crippen molar-refractivity contribution in [1.82, 2.24) is 20.1 Å². The average Bonchev–Trinajstić information content (AvgIpc) is 3.11. The standard InChI is InChI=1S/C18H23FN4O/c19-13-1-2-17-16(9-13)18(24)10-14(21-17)12-22-5-7-23(8-6-22)15-3-4-20-11-15/h1-2,9-10,15,20H,3-8,11-12H2,(H,21,24)/t15-/m0/s1. The SMILES string of the molecule is O=c1cc(CN2CCN([C@H]3CCNC3)CC2)[nH]c2ccc(F)cc12. The zero-order valence-electron chi connectivity index (χ0n) is 13.7. The molecule has 2 fully saturated rings. The van der Waals surface area contributed by atoms with Gasteiger partial charge < -0.3 is 10.3 Å². The monoisotopic (exact) mass is 330 g/mol. The lowest BCUT2D eigenvalue weighted by molar-refractivity contribution is 0.0974. The zero-order chi connectivity index (χ0) is 16.5. The van der Waals surface area contributed by atoms with E-state index in [4.69, 9.17) is 0 Å². The van der Waals surface area contributed by atoms with Gasteiger partial charge in [0.2, 0.25) is 0 Å². The molecule has 0 amide bonds. The van der Waals surface area contributed by atoms with E-state index in [9.17, 15) is 9.18 Å². The third-order valence-electron chi connectivity index (χ3n) is 5.20. The van der Waals surface area contributed by atoms with Crippen LogP contribution in [-0.4, -0.2) is 60.1 Å². The molecule has 0 bridgehead atoms. The quantitative estimate of drug-likeness (QED) is 0.886. The van der Waals surface area contributed by atoms with Crippen LogP contribution in [0, 0.1) is 5.82 Å². The Morgan fingerprint density at radius 1 is 1.17 bits per heavy atom. The molecule has 5 nitrogen and oxygen atoms in total. The first-order valence-corrected chi connectivity index (χ1v) is 8.67. The van der Waals surface area contributed by atoms with E-state index in [1.54, 1.807) is 12.1 Å². The Morgan fingerprint density at radius 2 is 2.00 bits per heavy atom. The number of rotatable bonds is 3. The van der Waals surface area contributed by atoms with Crippen molar-refractivity contribution >= 4 is 10.9 Å². The molecule has 0 aliphatic carbocycles. The Bertz CT molecular complexity index is 776. The van der Waals surface area contributed by atoms with E-state index in [0.29, 0.717) is 16.9 Å². The van der Waals surface area contributed by atoms with Gasteiger partial charge in [-0.05, 0) is 31.2 Å². The summed E-state index contributed by atoms with van der Waals surface area (Å²) in [5.74, 6) is -0.377. The molecule has 128 valence electrons. The number of nitrogens with one attached hydrogen (secondary N) is 2. The molecule has 2 aromatic rings. The molecular weight excluding hydrogens is 307 g/mol. The molecule has 2 aliphatic rings. The van der Waals surface area contributed by atoms with Crippen LogP contribution >= 0.6 is 0 Å². The number of aromatic nitrogens is 1. The topological polar surface area (TPSA) is 51.4 Å². The van der Waals surface area contributed by atoms with E-state index < -0.39 is 0 Å². The van der Waals surface area contributed by atoms with Gasteiger partial charge in [-0.25, -0.2) is 4.39 Å². The summed E-state index contributed by atoms with van der Waals surface area (Å²) in [7, 11) is 0. The molecule has 0 unspecified atom stereocenters. The molecule has 2 N–H and O–H groups in total. The highest BCUT2D eigenvalue weighted by atomic mass is 19.1. The maximum atomic E-state index is 13.3. The predicted octanol–water partition coefficient (Wildman–Crippen LogP) is 1.15. The van der Waals surface area contributed by atoms with E-state index in [0.717, 1.165) is 51.5 Å². The summed E-state index contributed by atoms with van der Waals surface area (Å²) in [6, 6.07) is 6.61. The van der Waals surface area contributed by atoms with Crippen LogP contribution in [0.2, 0.25) is 0 Å². The maximum Gasteiger partial charge on any atom is 0.189 e. The molecule has 2 aliphatic heterocycles. The Labute approximate surface area is 140 Å². The second-order valence-electron chi connectivity index (χ2n) is 6.81. The number of fused-ring (bicyclic) bond motifs is 1. The molecule has 2 saturated heterocycles. The fraction of sp³-hybridized carbons (Fsp3) is 0.500. The van der Waals surface area contributed by atoms with Crippen molar-refractivity contribution in [3.05, 3.63) is 46.0 Å². The van der Waals surface area contributed by atoms with Gasteiger partial charge in [0.25, 0.3) is 0 Å². The summed E-state index contributed by atoms with van der Waals surface area (Å²) in [4.78, 5) is 20.4. The predicted molar refractivity (Wildman–Crippen MR) is 92.7 cm³/mol. The van der Waals surface area contributed by atoms with Crippen LogP contribution in [0.5, 0.6) is 0 Å². The van der Waals surface area contributed by atoms with Crippen LogP contribution < -0.4 is 10.7 Å².